The highest BCUT2D eigenvalue weighted by molar-refractivity contribution is 7.22. The number of ether oxygens (including phenoxy) is 1. The number of fused-ring (bicyclic) bond motifs is 1. The first-order valence-corrected chi connectivity index (χ1v) is 10.1. The normalized spacial score (nSPS) is 11.2. The summed E-state index contributed by atoms with van der Waals surface area (Å²) in [6.07, 6.45) is 0. The summed E-state index contributed by atoms with van der Waals surface area (Å²) in [4.78, 5) is 21.6. The Balaban J connectivity index is 1.97. The van der Waals surface area contributed by atoms with Crippen molar-refractivity contribution in [3.8, 4) is 5.75 Å². The third-order valence-electron chi connectivity index (χ3n) is 4.70. The van der Waals surface area contributed by atoms with Gasteiger partial charge >= 0.3 is 0 Å². The van der Waals surface area contributed by atoms with Gasteiger partial charge in [-0.3, -0.25) is 9.69 Å². The van der Waals surface area contributed by atoms with Crippen LogP contribution < -0.4 is 9.64 Å². The Morgan fingerprint density at radius 3 is 2.57 bits per heavy atom. The number of hydrogen-bond acceptors (Lipinski definition) is 5. The van der Waals surface area contributed by atoms with Crippen molar-refractivity contribution in [1.29, 1.82) is 0 Å². The number of likely N-dealkylation sites (N-methyl/N-ethyl adjacent to an activating group) is 1. The van der Waals surface area contributed by atoms with Gasteiger partial charge in [0.05, 0.1) is 22.9 Å². The molecule has 0 N–H and O–H groups in total. The van der Waals surface area contributed by atoms with Crippen LogP contribution >= 0.6 is 11.3 Å². The molecule has 3 aromatic rings. The average Bonchev–Trinajstić information content (AvgIpc) is 3.14. The van der Waals surface area contributed by atoms with E-state index in [9.17, 15) is 9.18 Å². The van der Waals surface area contributed by atoms with E-state index >= 15 is 0 Å². The lowest BCUT2D eigenvalue weighted by molar-refractivity contribution is 0.0980. The number of halogens is 1. The van der Waals surface area contributed by atoms with Crippen molar-refractivity contribution < 1.29 is 13.9 Å². The molecule has 0 unspecified atom stereocenters. The second kappa shape index (κ2) is 9.12. The molecule has 0 spiro atoms. The van der Waals surface area contributed by atoms with Crippen LogP contribution in [0.15, 0.2) is 42.5 Å². The fourth-order valence-corrected chi connectivity index (χ4v) is 4.00. The first-order valence-electron chi connectivity index (χ1n) is 9.30. The number of nitrogens with zero attached hydrogens (tertiary/aromatic N) is 3. The Hall–Kier alpha value is -2.51. The molecule has 0 saturated carbocycles. The van der Waals surface area contributed by atoms with Crippen molar-refractivity contribution in [2.75, 3.05) is 38.2 Å². The highest BCUT2D eigenvalue weighted by Gasteiger charge is 2.24. The Morgan fingerprint density at radius 1 is 1.14 bits per heavy atom. The second-order valence-corrected chi connectivity index (χ2v) is 7.30. The summed E-state index contributed by atoms with van der Waals surface area (Å²) >= 11 is 1.40. The molecule has 0 aliphatic carbocycles. The second-order valence-electron chi connectivity index (χ2n) is 6.29. The maximum atomic E-state index is 14.3. The lowest BCUT2D eigenvalue weighted by Gasteiger charge is -2.24. The van der Waals surface area contributed by atoms with E-state index in [1.165, 1.54) is 23.5 Å². The van der Waals surface area contributed by atoms with Gasteiger partial charge in [0.2, 0.25) is 0 Å². The van der Waals surface area contributed by atoms with E-state index in [0.29, 0.717) is 18.2 Å². The van der Waals surface area contributed by atoms with Crippen LogP contribution in [0.1, 0.15) is 24.2 Å². The van der Waals surface area contributed by atoms with Gasteiger partial charge in [-0.15, -0.1) is 0 Å². The minimum atomic E-state index is -0.525. The average molecular weight is 402 g/mol. The third kappa shape index (κ3) is 4.31. The molecule has 1 heterocycles. The van der Waals surface area contributed by atoms with Crippen molar-refractivity contribution >= 4 is 32.6 Å². The summed E-state index contributed by atoms with van der Waals surface area (Å²) in [7, 11) is 1.61. The van der Waals surface area contributed by atoms with E-state index in [1.807, 2.05) is 18.2 Å². The number of methoxy groups -OCH3 is 1. The molecule has 5 nitrogen and oxygen atoms in total. The molecule has 1 aromatic heterocycles. The molecule has 7 heteroatoms. The number of hydrogen-bond donors (Lipinski definition) is 0. The number of anilines is 1. The smallest absolute Gasteiger partial charge is 0.263 e. The van der Waals surface area contributed by atoms with Gasteiger partial charge in [-0.05, 0) is 43.4 Å². The van der Waals surface area contributed by atoms with Gasteiger partial charge in [0, 0.05) is 13.1 Å². The number of aromatic nitrogens is 1. The number of amides is 1. The molecule has 0 fully saturated rings. The zero-order valence-electron chi connectivity index (χ0n) is 16.3. The molecule has 28 heavy (non-hydrogen) atoms. The molecule has 3 rings (SSSR count). The zero-order chi connectivity index (χ0) is 20.1. The summed E-state index contributed by atoms with van der Waals surface area (Å²) in [5.74, 6) is -0.169. The molecule has 1 amide bonds. The van der Waals surface area contributed by atoms with Crippen molar-refractivity contribution in [2.24, 2.45) is 0 Å². The summed E-state index contributed by atoms with van der Waals surface area (Å²) in [5.41, 5.74) is 0.842. The summed E-state index contributed by atoms with van der Waals surface area (Å²) < 4.78 is 20.5. The van der Waals surface area contributed by atoms with Crippen LogP contribution in [0.2, 0.25) is 0 Å². The monoisotopic (exact) mass is 401 g/mol. The molecule has 0 bridgehead atoms. The standard InChI is InChI=1S/C21H24FN3O2S/c1-4-24(5-2)12-13-25(20(26)16-8-6-7-9-17(16)22)21-23-18-11-10-15(27-3)14-19(18)28-21/h6-11,14H,4-5,12-13H2,1-3H3. The van der Waals surface area contributed by atoms with Crippen molar-refractivity contribution in [3.05, 3.63) is 53.8 Å². The number of rotatable bonds is 8. The van der Waals surface area contributed by atoms with Gasteiger partial charge < -0.3 is 9.64 Å². The molecule has 0 saturated heterocycles. The van der Waals surface area contributed by atoms with Crippen LogP contribution in [0.4, 0.5) is 9.52 Å². The van der Waals surface area contributed by atoms with Gasteiger partial charge in [-0.1, -0.05) is 37.3 Å². The van der Waals surface area contributed by atoms with Crippen LogP contribution in [0.3, 0.4) is 0 Å². The van der Waals surface area contributed by atoms with Gasteiger partial charge in [-0.2, -0.15) is 0 Å². The molecule has 0 aliphatic heterocycles. The highest BCUT2D eigenvalue weighted by atomic mass is 32.1. The van der Waals surface area contributed by atoms with Gasteiger partial charge in [-0.25, -0.2) is 9.37 Å². The molecule has 0 aliphatic rings. The van der Waals surface area contributed by atoms with Gasteiger partial charge in [0.1, 0.15) is 11.6 Å². The Labute approximate surface area is 168 Å². The number of carbonyl (C=O) groups excluding carboxylic acids is 1. The van der Waals surface area contributed by atoms with E-state index in [2.05, 4.69) is 23.7 Å². The first kappa shape index (κ1) is 20.2. The fraction of sp³-hybridized carbons (Fsp3) is 0.333. The first-order chi connectivity index (χ1) is 13.6. The van der Waals surface area contributed by atoms with E-state index in [4.69, 9.17) is 4.74 Å². The van der Waals surface area contributed by atoms with E-state index < -0.39 is 5.82 Å². The lowest BCUT2D eigenvalue weighted by atomic mass is 10.2. The van der Waals surface area contributed by atoms with Crippen LogP contribution in [0.25, 0.3) is 10.2 Å². The predicted octanol–water partition coefficient (Wildman–Crippen LogP) is 4.43. The zero-order valence-corrected chi connectivity index (χ0v) is 17.1. The Morgan fingerprint density at radius 2 is 1.89 bits per heavy atom. The molecular weight excluding hydrogens is 377 g/mol. The minimum Gasteiger partial charge on any atom is -0.497 e. The number of carbonyl (C=O) groups is 1. The Bertz CT molecular complexity index is 956. The quantitative estimate of drug-likeness (QED) is 0.560. The summed E-state index contributed by atoms with van der Waals surface area (Å²) in [6.45, 7) is 7.05. The predicted molar refractivity (Wildman–Crippen MR) is 112 cm³/mol. The fourth-order valence-electron chi connectivity index (χ4n) is 2.98. The molecule has 2 aromatic carbocycles. The van der Waals surface area contributed by atoms with Gasteiger partial charge in [0.25, 0.3) is 5.91 Å². The largest absolute Gasteiger partial charge is 0.497 e. The van der Waals surface area contributed by atoms with Crippen LogP contribution in [-0.4, -0.2) is 49.1 Å². The van der Waals surface area contributed by atoms with Gasteiger partial charge in [0.15, 0.2) is 5.13 Å². The highest BCUT2D eigenvalue weighted by Crippen LogP contribution is 2.32. The van der Waals surface area contributed by atoms with Crippen LogP contribution in [0, 0.1) is 5.82 Å². The van der Waals surface area contributed by atoms with E-state index in [0.717, 1.165) is 29.1 Å². The molecule has 0 radical (unpaired) electrons. The van der Waals surface area contributed by atoms with E-state index in [1.54, 1.807) is 24.1 Å². The maximum Gasteiger partial charge on any atom is 0.263 e. The topological polar surface area (TPSA) is 45.7 Å². The SMILES string of the molecule is CCN(CC)CCN(C(=O)c1ccccc1F)c1nc2ccc(OC)cc2s1. The minimum absolute atomic E-state index is 0.0545. The van der Waals surface area contributed by atoms with E-state index in [-0.39, 0.29) is 11.5 Å². The van der Waals surface area contributed by atoms with Crippen LogP contribution in [-0.2, 0) is 0 Å². The van der Waals surface area contributed by atoms with Crippen molar-refractivity contribution in [3.63, 3.8) is 0 Å². The maximum absolute atomic E-state index is 14.3. The molecule has 0 atom stereocenters. The summed E-state index contributed by atoms with van der Waals surface area (Å²) in [5, 5.41) is 0.559. The number of benzene rings is 2. The van der Waals surface area contributed by atoms with Crippen molar-refractivity contribution in [2.45, 2.75) is 13.8 Å². The Kier molecular flexibility index (Phi) is 6.59. The molecular formula is C21H24FN3O2S. The third-order valence-corrected chi connectivity index (χ3v) is 5.74. The lowest BCUT2D eigenvalue weighted by Crippen LogP contribution is -2.39. The number of thiazole rings is 1. The molecule has 148 valence electrons. The summed E-state index contributed by atoms with van der Waals surface area (Å²) in [6, 6.07) is 11.7. The van der Waals surface area contributed by atoms with Crippen molar-refractivity contribution in [1.82, 2.24) is 9.88 Å². The van der Waals surface area contributed by atoms with Crippen LogP contribution in [0.5, 0.6) is 5.75 Å².